The second-order valence-electron chi connectivity index (χ2n) is 6.52. The zero-order chi connectivity index (χ0) is 18.6. The number of amides is 2. The van der Waals surface area contributed by atoms with E-state index >= 15 is 0 Å². The van der Waals surface area contributed by atoms with Gasteiger partial charge in [0.2, 0.25) is 0 Å². The lowest BCUT2D eigenvalue weighted by Crippen LogP contribution is -2.43. The molecule has 2 heterocycles. The molecule has 0 bridgehead atoms. The quantitative estimate of drug-likeness (QED) is 0.745. The van der Waals surface area contributed by atoms with Crippen LogP contribution in [0.25, 0.3) is 0 Å². The second kappa shape index (κ2) is 7.57. The molecule has 7 heteroatoms. The van der Waals surface area contributed by atoms with Gasteiger partial charge in [0.05, 0.1) is 6.54 Å². The molecule has 0 saturated heterocycles. The van der Waals surface area contributed by atoms with Gasteiger partial charge in [-0.15, -0.1) is 0 Å². The fourth-order valence-corrected chi connectivity index (χ4v) is 2.72. The number of anilines is 1. The summed E-state index contributed by atoms with van der Waals surface area (Å²) in [5.41, 5.74) is 0.380. The Morgan fingerprint density at radius 3 is 2.68 bits per heavy atom. The largest absolute Gasteiger partial charge is 0.466 e. The van der Waals surface area contributed by atoms with Crippen LogP contribution in [0.2, 0.25) is 0 Å². The smallest absolute Gasteiger partial charge is 0.315 e. The molecule has 2 aromatic heterocycles. The molecule has 2 amide bonds. The maximum atomic E-state index is 12.1. The van der Waals surface area contributed by atoms with Gasteiger partial charge in [-0.2, -0.15) is 0 Å². The first-order valence-electron chi connectivity index (χ1n) is 8.13. The van der Waals surface area contributed by atoms with Crippen LogP contribution in [0.5, 0.6) is 0 Å². The number of hydrogen-bond donors (Lipinski definition) is 3. The third-order valence-electron chi connectivity index (χ3n) is 3.94. The summed E-state index contributed by atoms with van der Waals surface area (Å²) in [6.45, 7) is 5.69. The maximum absolute atomic E-state index is 12.1. The highest BCUT2D eigenvalue weighted by atomic mass is 16.3. The number of aryl methyl sites for hydroxylation is 2. The summed E-state index contributed by atoms with van der Waals surface area (Å²) < 4.78 is 5.45. The zero-order valence-corrected chi connectivity index (χ0v) is 15.4. The number of urea groups is 1. The molecule has 0 spiro atoms. The van der Waals surface area contributed by atoms with E-state index in [1.54, 1.807) is 26.1 Å². The van der Waals surface area contributed by atoms with E-state index in [2.05, 4.69) is 15.6 Å². The topological polar surface area (TPSA) is 90.6 Å². The molecule has 0 aliphatic rings. The minimum atomic E-state index is -1.21. The Labute approximate surface area is 148 Å². The summed E-state index contributed by atoms with van der Waals surface area (Å²) in [6.07, 6.45) is 1.71. The van der Waals surface area contributed by atoms with Crippen molar-refractivity contribution in [3.63, 3.8) is 0 Å². The molecule has 0 unspecified atom stereocenters. The Hall–Kier alpha value is -2.54. The number of carbonyl (C=O) groups is 1. The Bertz CT molecular complexity index is 738. The van der Waals surface area contributed by atoms with Gasteiger partial charge >= 0.3 is 6.03 Å². The molecule has 0 radical (unpaired) electrons. The molecule has 25 heavy (non-hydrogen) atoms. The van der Waals surface area contributed by atoms with Gasteiger partial charge in [-0.25, -0.2) is 9.78 Å². The van der Waals surface area contributed by atoms with Crippen LogP contribution >= 0.6 is 0 Å². The zero-order valence-electron chi connectivity index (χ0n) is 15.4. The highest BCUT2D eigenvalue weighted by Gasteiger charge is 2.28. The van der Waals surface area contributed by atoms with Crippen molar-refractivity contribution in [2.45, 2.75) is 32.9 Å². The molecule has 0 aliphatic carbocycles. The van der Waals surface area contributed by atoms with Crippen molar-refractivity contribution in [3.05, 3.63) is 47.0 Å². The average molecular weight is 346 g/mol. The molecule has 2 rings (SSSR count). The van der Waals surface area contributed by atoms with Crippen molar-refractivity contribution < 1.29 is 14.3 Å². The molecule has 0 saturated carbocycles. The number of carbonyl (C=O) groups excluding carboxylic acids is 1. The van der Waals surface area contributed by atoms with E-state index in [9.17, 15) is 9.90 Å². The number of nitrogens with zero attached hydrogens (tertiary/aromatic N) is 2. The molecule has 1 atom stereocenters. The van der Waals surface area contributed by atoms with Crippen LogP contribution in [0.15, 0.2) is 28.8 Å². The molecule has 2 aromatic rings. The van der Waals surface area contributed by atoms with Crippen molar-refractivity contribution in [3.8, 4) is 0 Å². The molecular weight excluding hydrogens is 320 g/mol. The minimum Gasteiger partial charge on any atom is -0.466 e. The number of furan rings is 1. The first-order chi connectivity index (χ1) is 11.7. The lowest BCUT2D eigenvalue weighted by atomic mass is 9.96. The fourth-order valence-electron chi connectivity index (χ4n) is 2.72. The fraction of sp³-hybridized carbons (Fsp3) is 0.444. The summed E-state index contributed by atoms with van der Waals surface area (Å²) in [7, 11) is 3.80. The normalized spacial score (nSPS) is 13.2. The van der Waals surface area contributed by atoms with Crippen molar-refractivity contribution in [1.82, 2.24) is 15.6 Å². The van der Waals surface area contributed by atoms with Gasteiger partial charge in [0, 0.05) is 38.0 Å². The predicted octanol–water partition coefficient (Wildman–Crippen LogP) is 2.06. The molecule has 0 fully saturated rings. The highest BCUT2D eigenvalue weighted by molar-refractivity contribution is 5.74. The Kier molecular flexibility index (Phi) is 5.69. The standard InChI is InChI=1S/C18H26N4O3/c1-12-9-15(13(2)25-12)18(3,24)11-21-17(23)20-10-14-7-6-8-19-16(14)22(4)5/h6-9,24H,10-11H2,1-5H3,(H2,20,21,23)/t18-/m1/s1. The van der Waals surface area contributed by atoms with E-state index in [0.29, 0.717) is 17.9 Å². The Morgan fingerprint density at radius 2 is 2.08 bits per heavy atom. The Balaban J connectivity index is 1.92. The van der Waals surface area contributed by atoms with Crippen molar-refractivity contribution in [1.29, 1.82) is 0 Å². The molecule has 0 aromatic carbocycles. The number of rotatable bonds is 6. The van der Waals surface area contributed by atoms with Gasteiger partial charge in [0.15, 0.2) is 0 Å². The van der Waals surface area contributed by atoms with E-state index in [1.165, 1.54) is 0 Å². The maximum Gasteiger partial charge on any atom is 0.315 e. The van der Waals surface area contributed by atoms with Gasteiger partial charge in [-0.1, -0.05) is 6.07 Å². The van der Waals surface area contributed by atoms with Crippen LogP contribution < -0.4 is 15.5 Å². The van der Waals surface area contributed by atoms with Crippen LogP contribution in [0.3, 0.4) is 0 Å². The number of hydrogen-bond acceptors (Lipinski definition) is 5. The van der Waals surface area contributed by atoms with E-state index in [4.69, 9.17) is 4.42 Å². The number of aliphatic hydroxyl groups is 1. The molecule has 3 N–H and O–H groups in total. The summed E-state index contributed by atoms with van der Waals surface area (Å²) in [6, 6.07) is 5.17. The van der Waals surface area contributed by atoms with Crippen molar-refractivity contribution in [2.75, 3.05) is 25.5 Å². The Morgan fingerprint density at radius 1 is 1.36 bits per heavy atom. The van der Waals surface area contributed by atoms with E-state index < -0.39 is 5.60 Å². The van der Waals surface area contributed by atoms with Crippen LogP contribution in [0.1, 0.15) is 29.6 Å². The molecule has 0 aliphatic heterocycles. The SMILES string of the molecule is Cc1cc([C@](C)(O)CNC(=O)NCc2cccnc2N(C)C)c(C)o1. The van der Waals surface area contributed by atoms with Gasteiger partial charge in [0.25, 0.3) is 0 Å². The lowest BCUT2D eigenvalue weighted by Gasteiger charge is -2.23. The molecule has 136 valence electrons. The van der Waals surface area contributed by atoms with Crippen LogP contribution in [-0.2, 0) is 12.1 Å². The molecular formula is C18H26N4O3. The number of pyridine rings is 1. The summed E-state index contributed by atoms with van der Waals surface area (Å²) in [5.74, 6) is 2.18. The summed E-state index contributed by atoms with van der Waals surface area (Å²) in [5, 5.41) is 16.1. The monoisotopic (exact) mass is 346 g/mol. The average Bonchev–Trinajstić information content (AvgIpc) is 2.90. The lowest BCUT2D eigenvalue weighted by molar-refractivity contribution is 0.0579. The van der Waals surface area contributed by atoms with Gasteiger partial charge in [0.1, 0.15) is 22.9 Å². The number of nitrogens with one attached hydrogen (secondary N) is 2. The van der Waals surface area contributed by atoms with E-state index in [1.807, 2.05) is 38.1 Å². The van der Waals surface area contributed by atoms with Crippen molar-refractivity contribution in [2.24, 2.45) is 0 Å². The number of aromatic nitrogens is 1. The van der Waals surface area contributed by atoms with Gasteiger partial charge < -0.3 is 25.1 Å². The van der Waals surface area contributed by atoms with Crippen LogP contribution in [-0.4, -0.2) is 36.8 Å². The summed E-state index contributed by atoms with van der Waals surface area (Å²) >= 11 is 0. The first-order valence-corrected chi connectivity index (χ1v) is 8.13. The van der Waals surface area contributed by atoms with Gasteiger partial charge in [-0.05, 0) is 32.9 Å². The third-order valence-corrected chi connectivity index (χ3v) is 3.94. The predicted molar refractivity (Wildman–Crippen MR) is 96.6 cm³/mol. The van der Waals surface area contributed by atoms with Gasteiger partial charge in [-0.3, -0.25) is 0 Å². The summed E-state index contributed by atoms with van der Waals surface area (Å²) in [4.78, 5) is 18.3. The second-order valence-corrected chi connectivity index (χ2v) is 6.52. The first kappa shape index (κ1) is 18.8. The highest BCUT2D eigenvalue weighted by Crippen LogP contribution is 2.26. The van der Waals surface area contributed by atoms with E-state index in [-0.39, 0.29) is 12.6 Å². The third kappa shape index (κ3) is 4.73. The minimum absolute atomic E-state index is 0.0756. The van der Waals surface area contributed by atoms with Crippen LogP contribution in [0, 0.1) is 13.8 Å². The van der Waals surface area contributed by atoms with Crippen molar-refractivity contribution >= 4 is 11.8 Å². The van der Waals surface area contributed by atoms with Crippen LogP contribution in [0.4, 0.5) is 10.6 Å². The van der Waals surface area contributed by atoms with E-state index in [0.717, 1.165) is 17.1 Å². The molecule has 7 nitrogen and oxygen atoms in total.